The van der Waals surface area contributed by atoms with Gasteiger partial charge in [0.25, 0.3) is 5.91 Å². The third kappa shape index (κ3) is 3.73. The van der Waals surface area contributed by atoms with Gasteiger partial charge >= 0.3 is 0 Å². The molecule has 5 N–H and O–H groups in total. The van der Waals surface area contributed by atoms with Crippen LogP contribution < -0.4 is 21.7 Å². The van der Waals surface area contributed by atoms with E-state index < -0.39 is 17.4 Å². The molecule has 7 nitrogen and oxygen atoms in total. The van der Waals surface area contributed by atoms with Crippen LogP contribution in [0.2, 0.25) is 0 Å². The molecule has 0 aliphatic carbocycles. The van der Waals surface area contributed by atoms with Gasteiger partial charge in [-0.15, -0.1) is 11.3 Å². The van der Waals surface area contributed by atoms with Crippen LogP contribution in [0.5, 0.6) is 0 Å². The van der Waals surface area contributed by atoms with Gasteiger partial charge in [0.1, 0.15) is 0 Å². The molecule has 2 aromatic rings. The highest BCUT2D eigenvalue weighted by molar-refractivity contribution is 7.18. The number of carbonyl (C=O) groups excluding carboxylic acids is 3. The smallest absolute Gasteiger partial charge is 0.258 e. The second kappa shape index (κ2) is 7.21. The van der Waals surface area contributed by atoms with E-state index in [1.54, 1.807) is 12.1 Å². The largest absolute Gasteiger partial charge is 0.365 e. The number of thiophene rings is 1. The summed E-state index contributed by atoms with van der Waals surface area (Å²) in [7, 11) is 0. The van der Waals surface area contributed by atoms with Gasteiger partial charge in [0.2, 0.25) is 11.8 Å². The number of hydrogen-bond donors (Lipinski definition) is 4. The van der Waals surface area contributed by atoms with Gasteiger partial charge < -0.3 is 21.7 Å². The van der Waals surface area contributed by atoms with Gasteiger partial charge in [0.05, 0.1) is 21.3 Å². The molecule has 8 heteroatoms. The van der Waals surface area contributed by atoms with Crippen molar-refractivity contribution < 1.29 is 14.4 Å². The molecule has 2 aliphatic heterocycles. The Hall–Kier alpha value is -2.71. The summed E-state index contributed by atoms with van der Waals surface area (Å²) in [4.78, 5) is 37.4. The summed E-state index contributed by atoms with van der Waals surface area (Å²) in [5, 5.41) is 9.58. The van der Waals surface area contributed by atoms with E-state index in [9.17, 15) is 14.4 Å². The molecule has 1 fully saturated rings. The van der Waals surface area contributed by atoms with Crippen LogP contribution in [0, 0.1) is 5.41 Å². The van der Waals surface area contributed by atoms with Crippen molar-refractivity contribution in [2.75, 3.05) is 17.2 Å². The van der Waals surface area contributed by atoms with Crippen LogP contribution in [0.25, 0.3) is 0 Å². The number of nitrogens with two attached hydrogens (primary N) is 1. The predicted molar refractivity (Wildman–Crippen MR) is 118 cm³/mol. The fraction of sp³-hybridized carbons (Fsp3) is 0.409. The number of rotatable bonds is 4. The summed E-state index contributed by atoms with van der Waals surface area (Å²) in [6.45, 7) is 6.96. The van der Waals surface area contributed by atoms with E-state index >= 15 is 0 Å². The Morgan fingerprint density at radius 1 is 1.27 bits per heavy atom. The number of nitrogens with one attached hydrogen (secondary N) is 3. The minimum absolute atomic E-state index is 0.0691. The van der Waals surface area contributed by atoms with Crippen LogP contribution in [0.3, 0.4) is 0 Å². The van der Waals surface area contributed by atoms with Crippen molar-refractivity contribution >= 4 is 39.7 Å². The van der Waals surface area contributed by atoms with E-state index in [2.05, 4.69) is 48.9 Å². The molecule has 0 bridgehead atoms. The maximum atomic E-state index is 12.9. The van der Waals surface area contributed by atoms with Crippen LogP contribution in [0.15, 0.2) is 30.3 Å². The quantitative estimate of drug-likeness (QED) is 0.602. The van der Waals surface area contributed by atoms with Gasteiger partial charge in [-0.1, -0.05) is 32.9 Å². The molecule has 1 spiro atoms. The molecule has 0 saturated carbocycles. The van der Waals surface area contributed by atoms with E-state index in [1.165, 1.54) is 5.56 Å². The van der Waals surface area contributed by atoms with Crippen molar-refractivity contribution in [3.05, 3.63) is 46.3 Å². The minimum Gasteiger partial charge on any atom is -0.365 e. The molecule has 3 heterocycles. The second-order valence-corrected chi connectivity index (χ2v) is 10.4. The molecule has 2 aliphatic rings. The number of carbonyl (C=O) groups is 3. The van der Waals surface area contributed by atoms with E-state index in [0.717, 1.165) is 29.0 Å². The molecular weight excluding hydrogens is 400 g/mol. The minimum atomic E-state index is -0.751. The molecule has 1 aromatic carbocycles. The van der Waals surface area contributed by atoms with Crippen LogP contribution in [0.1, 0.15) is 48.0 Å². The average molecular weight is 427 g/mol. The highest BCUT2D eigenvalue weighted by Crippen LogP contribution is 2.44. The molecular formula is C22H26N4O3S. The molecule has 0 radical (unpaired) electrons. The van der Waals surface area contributed by atoms with E-state index in [-0.39, 0.29) is 17.2 Å². The predicted octanol–water partition coefficient (Wildman–Crippen LogP) is 2.63. The Balaban J connectivity index is 1.54. The van der Waals surface area contributed by atoms with E-state index in [4.69, 9.17) is 5.73 Å². The third-order valence-electron chi connectivity index (χ3n) is 5.63. The lowest BCUT2D eigenvalue weighted by atomic mass is 9.78. The molecule has 2 unspecified atom stereocenters. The highest BCUT2D eigenvalue weighted by Gasteiger charge is 2.53. The lowest BCUT2D eigenvalue weighted by Crippen LogP contribution is -2.36. The SMILES string of the molecule is CC(C)(C)Cc1ccc2c(c1)C1(CNC(C(=O)Nc3ccc(C(N)=O)s3)C1)C(=O)N2. The molecule has 3 amide bonds. The Kier molecular flexibility index (Phi) is 4.94. The number of fused-ring (bicyclic) bond motifs is 2. The van der Waals surface area contributed by atoms with Gasteiger partial charge in [-0.25, -0.2) is 0 Å². The van der Waals surface area contributed by atoms with E-state index in [1.807, 2.05) is 6.07 Å². The van der Waals surface area contributed by atoms with Crippen LogP contribution in [0.4, 0.5) is 10.7 Å². The number of hydrogen-bond acceptors (Lipinski definition) is 5. The van der Waals surface area contributed by atoms with Gasteiger partial charge in [-0.05, 0) is 47.6 Å². The molecule has 1 saturated heterocycles. The lowest BCUT2D eigenvalue weighted by molar-refractivity contribution is -0.120. The fourth-order valence-electron chi connectivity index (χ4n) is 4.28. The van der Waals surface area contributed by atoms with Gasteiger partial charge in [0, 0.05) is 12.2 Å². The van der Waals surface area contributed by atoms with Crippen LogP contribution in [-0.4, -0.2) is 30.3 Å². The summed E-state index contributed by atoms with van der Waals surface area (Å²) in [5.41, 5.74) is 7.63. The van der Waals surface area contributed by atoms with Crippen molar-refractivity contribution in [3.8, 4) is 0 Å². The first-order valence-electron chi connectivity index (χ1n) is 9.96. The zero-order chi connectivity index (χ0) is 21.7. The Bertz CT molecular complexity index is 1040. The van der Waals surface area contributed by atoms with Gasteiger partial charge in [-0.2, -0.15) is 0 Å². The number of benzene rings is 1. The highest BCUT2D eigenvalue weighted by atomic mass is 32.1. The molecule has 30 heavy (non-hydrogen) atoms. The maximum absolute atomic E-state index is 12.9. The Morgan fingerprint density at radius 3 is 2.70 bits per heavy atom. The average Bonchev–Trinajstić information content (AvgIpc) is 3.34. The summed E-state index contributed by atoms with van der Waals surface area (Å²) in [6.07, 6.45) is 1.28. The molecule has 2 atom stereocenters. The van der Waals surface area contributed by atoms with Crippen LogP contribution in [-0.2, 0) is 21.4 Å². The van der Waals surface area contributed by atoms with Crippen molar-refractivity contribution in [3.63, 3.8) is 0 Å². The monoisotopic (exact) mass is 426 g/mol. The standard InChI is InChI=1S/C22H26N4O3S/c1-21(2,3)9-12-4-5-14-13(8-12)22(20(29)25-14)10-15(24-11-22)19(28)26-17-7-6-16(30-17)18(23)27/h4-8,15,24H,9-11H2,1-3H3,(H2,23,27)(H,25,29)(H,26,28). The number of anilines is 2. The maximum Gasteiger partial charge on any atom is 0.258 e. The number of amides is 3. The van der Waals surface area contributed by atoms with Crippen molar-refractivity contribution in [2.24, 2.45) is 11.1 Å². The van der Waals surface area contributed by atoms with Gasteiger partial charge in [0.15, 0.2) is 0 Å². The topological polar surface area (TPSA) is 113 Å². The summed E-state index contributed by atoms with van der Waals surface area (Å²) < 4.78 is 0. The summed E-state index contributed by atoms with van der Waals surface area (Å²) >= 11 is 1.13. The Morgan fingerprint density at radius 2 is 2.03 bits per heavy atom. The first-order chi connectivity index (χ1) is 14.1. The van der Waals surface area contributed by atoms with Crippen molar-refractivity contribution in [2.45, 2.75) is 45.1 Å². The summed E-state index contributed by atoms with van der Waals surface area (Å²) in [6, 6.07) is 8.87. The molecule has 158 valence electrons. The molecule has 4 rings (SSSR count). The third-order valence-corrected chi connectivity index (χ3v) is 6.65. The zero-order valence-corrected chi connectivity index (χ0v) is 18.1. The number of primary amides is 1. The zero-order valence-electron chi connectivity index (χ0n) is 17.3. The van der Waals surface area contributed by atoms with Crippen molar-refractivity contribution in [1.29, 1.82) is 0 Å². The van der Waals surface area contributed by atoms with E-state index in [0.29, 0.717) is 22.8 Å². The fourth-order valence-corrected chi connectivity index (χ4v) is 5.04. The van der Waals surface area contributed by atoms with Gasteiger partial charge in [-0.3, -0.25) is 14.4 Å². The lowest BCUT2D eigenvalue weighted by Gasteiger charge is -2.23. The normalized spacial score (nSPS) is 22.8. The van der Waals surface area contributed by atoms with Crippen LogP contribution >= 0.6 is 11.3 Å². The Labute approximate surface area is 179 Å². The second-order valence-electron chi connectivity index (χ2n) is 9.31. The molecule has 1 aromatic heterocycles. The first-order valence-corrected chi connectivity index (χ1v) is 10.8. The first kappa shape index (κ1) is 20.6. The summed E-state index contributed by atoms with van der Waals surface area (Å²) in [5.74, 6) is -0.819. The van der Waals surface area contributed by atoms with Crippen molar-refractivity contribution in [1.82, 2.24) is 5.32 Å².